The zero-order valence-corrected chi connectivity index (χ0v) is 11.9. The molecule has 0 aromatic heterocycles. The number of urea groups is 1. The molecule has 1 aromatic rings. The summed E-state index contributed by atoms with van der Waals surface area (Å²) in [4.78, 5) is 11.8. The summed E-state index contributed by atoms with van der Waals surface area (Å²) in [7, 11) is -7.36. The van der Waals surface area contributed by atoms with Gasteiger partial charge in [-0.05, 0) is 12.1 Å². The third kappa shape index (κ3) is 1.97. The van der Waals surface area contributed by atoms with Gasteiger partial charge in [0.15, 0.2) is 9.84 Å². The standard InChI is InChI=1S/C11H12N2O5S2/c14-11-12-9-6-19(15,16)7-10(9)13(11)20(17,18)8-4-2-1-3-5-8/h1-5,9-10H,6-7H2,(H,12,14). The van der Waals surface area contributed by atoms with Crippen LogP contribution in [0.1, 0.15) is 0 Å². The lowest BCUT2D eigenvalue weighted by Crippen LogP contribution is -2.41. The number of rotatable bonds is 2. The molecule has 1 N–H and O–H groups in total. The van der Waals surface area contributed by atoms with Gasteiger partial charge in [-0.3, -0.25) is 0 Å². The van der Waals surface area contributed by atoms with E-state index in [1.54, 1.807) is 18.2 Å². The number of sulfonamides is 1. The molecule has 2 aliphatic rings. The van der Waals surface area contributed by atoms with E-state index in [2.05, 4.69) is 5.32 Å². The SMILES string of the molecule is O=C1NC2CS(=O)(=O)CC2N1S(=O)(=O)c1ccccc1. The van der Waals surface area contributed by atoms with Gasteiger partial charge in [-0.15, -0.1) is 0 Å². The van der Waals surface area contributed by atoms with Crippen molar-refractivity contribution in [3.8, 4) is 0 Å². The third-order valence-electron chi connectivity index (χ3n) is 3.43. The highest BCUT2D eigenvalue weighted by Crippen LogP contribution is 2.29. The van der Waals surface area contributed by atoms with Crippen molar-refractivity contribution >= 4 is 25.9 Å². The van der Waals surface area contributed by atoms with Crippen molar-refractivity contribution in [2.24, 2.45) is 0 Å². The van der Waals surface area contributed by atoms with Crippen LogP contribution in [0.25, 0.3) is 0 Å². The third-order valence-corrected chi connectivity index (χ3v) is 6.97. The molecule has 108 valence electrons. The quantitative estimate of drug-likeness (QED) is 0.746. The molecule has 0 spiro atoms. The van der Waals surface area contributed by atoms with Crippen LogP contribution in [0.4, 0.5) is 4.79 Å². The Hall–Kier alpha value is -1.61. The Labute approximate surface area is 116 Å². The van der Waals surface area contributed by atoms with Crippen molar-refractivity contribution in [1.82, 2.24) is 9.62 Å². The number of carbonyl (C=O) groups is 1. The number of carbonyl (C=O) groups excluding carboxylic acids is 1. The second kappa shape index (κ2) is 4.19. The Balaban J connectivity index is 2.04. The Morgan fingerprint density at radius 1 is 1.15 bits per heavy atom. The van der Waals surface area contributed by atoms with Gasteiger partial charge in [-0.25, -0.2) is 25.9 Å². The van der Waals surface area contributed by atoms with E-state index in [4.69, 9.17) is 0 Å². The van der Waals surface area contributed by atoms with Gasteiger partial charge in [-0.2, -0.15) is 0 Å². The average Bonchev–Trinajstić information content (AvgIpc) is 2.80. The smallest absolute Gasteiger partial charge is 0.331 e. The van der Waals surface area contributed by atoms with Crippen molar-refractivity contribution < 1.29 is 21.6 Å². The van der Waals surface area contributed by atoms with Gasteiger partial charge in [0.25, 0.3) is 10.0 Å². The number of fused-ring (bicyclic) bond motifs is 1. The van der Waals surface area contributed by atoms with E-state index in [1.165, 1.54) is 12.1 Å². The average molecular weight is 316 g/mol. The zero-order chi connectivity index (χ0) is 14.5. The number of hydrogen-bond donors (Lipinski definition) is 1. The molecule has 2 fully saturated rings. The first-order valence-electron chi connectivity index (χ1n) is 5.92. The first-order valence-corrected chi connectivity index (χ1v) is 9.18. The fourth-order valence-electron chi connectivity index (χ4n) is 2.56. The largest absolute Gasteiger partial charge is 0.332 e. The fourth-order valence-corrected chi connectivity index (χ4v) is 6.13. The maximum absolute atomic E-state index is 12.5. The molecule has 7 nitrogen and oxygen atoms in total. The lowest BCUT2D eigenvalue weighted by molar-refractivity contribution is 0.232. The number of benzene rings is 1. The van der Waals surface area contributed by atoms with Crippen LogP contribution in [-0.4, -0.2) is 50.8 Å². The molecule has 0 bridgehead atoms. The van der Waals surface area contributed by atoms with Crippen molar-refractivity contribution in [3.63, 3.8) is 0 Å². The number of nitrogens with zero attached hydrogens (tertiary/aromatic N) is 1. The lowest BCUT2D eigenvalue weighted by atomic mass is 10.2. The fraction of sp³-hybridized carbons (Fsp3) is 0.364. The van der Waals surface area contributed by atoms with Gasteiger partial charge in [0.1, 0.15) is 0 Å². The summed E-state index contributed by atoms with van der Waals surface area (Å²) >= 11 is 0. The number of nitrogens with one attached hydrogen (secondary N) is 1. The second-order valence-corrected chi connectivity index (χ2v) is 8.78. The van der Waals surface area contributed by atoms with Crippen LogP contribution in [0.5, 0.6) is 0 Å². The Kier molecular flexibility index (Phi) is 2.80. The molecule has 2 saturated heterocycles. The minimum atomic E-state index is -4.04. The summed E-state index contributed by atoms with van der Waals surface area (Å²) in [5.74, 6) is -0.549. The van der Waals surface area contributed by atoms with Gasteiger partial charge < -0.3 is 5.32 Å². The van der Waals surface area contributed by atoms with Gasteiger partial charge in [0.05, 0.1) is 28.5 Å². The minimum Gasteiger partial charge on any atom is -0.331 e. The molecule has 3 rings (SSSR count). The van der Waals surface area contributed by atoms with Gasteiger partial charge in [0.2, 0.25) is 0 Å². The van der Waals surface area contributed by atoms with Gasteiger partial charge >= 0.3 is 6.03 Å². The van der Waals surface area contributed by atoms with Crippen molar-refractivity contribution in [2.45, 2.75) is 17.0 Å². The second-order valence-electron chi connectivity index (χ2n) is 4.81. The molecular weight excluding hydrogens is 304 g/mol. The number of hydrogen-bond acceptors (Lipinski definition) is 5. The van der Waals surface area contributed by atoms with E-state index >= 15 is 0 Å². The molecule has 2 amide bonds. The van der Waals surface area contributed by atoms with E-state index in [0.717, 1.165) is 0 Å². The van der Waals surface area contributed by atoms with Crippen LogP contribution >= 0.6 is 0 Å². The summed E-state index contributed by atoms with van der Waals surface area (Å²) in [5, 5.41) is 2.43. The zero-order valence-electron chi connectivity index (χ0n) is 10.3. The molecule has 2 unspecified atom stereocenters. The molecule has 0 radical (unpaired) electrons. The summed E-state index contributed by atoms with van der Waals surface area (Å²) < 4.78 is 48.8. The van der Waals surface area contributed by atoms with Gasteiger partial charge in [-0.1, -0.05) is 18.2 Å². The van der Waals surface area contributed by atoms with E-state index in [9.17, 15) is 21.6 Å². The predicted octanol–water partition coefficient (Wildman–Crippen LogP) is -0.434. The highest BCUT2D eigenvalue weighted by atomic mass is 32.2. The Morgan fingerprint density at radius 2 is 1.80 bits per heavy atom. The van der Waals surface area contributed by atoms with Crippen LogP contribution in [0.3, 0.4) is 0 Å². The molecule has 0 aliphatic carbocycles. The summed E-state index contributed by atoms with van der Waals surface area (Å²) in [6.07, 6.45) is 0. The van der Waals surface area contributed by atoms with E-state index in [0.29, 0.717) is 4.31 Å². The van der Waals surface area contributed by atoms with Crippen LogP contribution in [-0.2, 0) is 19.9 Å². The monoisotopic (exact) mass is 316 g/mol. The van der Waals surface area contributed by atoms with Crippen LogP contribution < -0.4 is 5.32 Å². The van der Waals surface area contributed by atoms with E-state index in [1.807, 2.05) is 0 Å². The van der Waals surface area contributed by atoms with Crippen LogP contribution in [0, 0.1) is 0 Å². The van der Waals surface area contributed by atoms with Crippen molar-refractivity contribution in [2.75, 3.05) is 11.5 Å². The Morgan fingerprint density at radius 3 is 2.45 bits per heavy atom. The summed E-state index contributed by atoms with van der Waals surface area (Å²) in [6, 6.07) is 5.21. The van der Waals surface area contributed by atoms with Gasteiger partial charge in [0, 0.05) is 0 Å². The summed E-state index contributed by atoms with van der Waals surface area (Å²) in [6.45, 7) is 0. The highest BCUT2D eigenvalue weighted by molar-refractivity contribution is 7.92. The Bertz CT molecular complexity index is 757. The molecule has 1 aromatic carbocycles. The normalized spacial score (nSPS) is 28.2. The number of amides is 2. The topological polar surface area (TPSA) is 101 Å². The molecule has 2 aliphatic heterocycles. The first-order chi connectivity index (χ1) is 9.31. The van der Waals surface area contributed by atoms with Crippen molar-refractivity contribution in [3.05, 3.63) is 30.3 Å². The predicted molar refractivity (Wildman–Crippen MR) is 70.2 cm³/mol. The van der Waals surface area contributed by atoms with Crippen LogP contribution in [0.15, 0.2) is 35.2 Å². The maximum Gasteiger partial charge on any atom is 0.332 e. The molecule has 0 saturated carbocycles. The molecule has 9 heteroatoms. The highest BCUT2D eigenvalue weighted by Gasteiger charge is 2.53. The van der Waals surface area contributed by atoms with E-state index in [-0.39, 0.29) is 16.4 Å². The minimum absolute atomic E-state index is 0.0277. The van der Waals surface area contributed by atoms with E-state index < -0.39 is 38.0 Å². The molecule has 2 atom stereocenters. The molecular formula is C11H12N2O5S2. The maximum atomic E-state index is 12.5. The van der Waals surface area contributed by atoms with Crippen LogP contribution in [0.2, 0.25) is 0 Å². The first kappa shape index (κ1) is 13.4. The molecule has 2 heterocycles. The summed E-state index contributed by atoms with van der Waals surface area (Å²) in [5.41, 5.74) is 0. The lowest BCUT2D eigenvalue weighted by Gasteiger charge is -2.20. The molecule has 20 heavy (non-hydrogen) atoms. The number of sulfone groups is 1. The van der Waals surface area contributed by atoms with Crippen molar-refractivity contribution in [1.29, 1.82) is 0 Å².